The summed E-state index contributed by atoms with van der Waals surface area (Å²) in [4.78, 5) is 0. The first-order valence-electron chi connectivity index (χ1n) is 1.99. The number of rotatable bonds is 0. The molecular weight excluding hydrogens is 202 g/mol. The fourth-order valence-electron chi connectivity index (χ4n) is 0.345. The van der Waals surface area contributed by atoms with E-state index in [1.165, 1.54) is 9.03 Å². The van der Waals surface area contributed by atoms with Gasteiger partial charge in [0.1, 0.15) is 14.1 Å². The third-order valence-corrected chi connectivity index (χ3v) is 1.90. The Morgan fingerprint density at radius 2 is 2.29 bits per heavy atom. The quantitative estimate of drug-likeness (QED) is 0.434. The van der Waals surface area contributed by atoms with Crippen LogP contribution in [0.15, 0.2) is 16.9 Å². The highest BCUT2D eigenvalue weighted by Gasteiger charge is 1.90. The van der Waals surface area contributed by atoms with Gasteiger partial charge in [0.25, 0.3) is 0 Å². The number of furan rings is 1. The Balaban J connectivity index is 3.12. The molecule has 0 bridgehead atoms. The van der Waals surface area contributed by atoms with Gasteiger partial charge in [-0.1, -0.05) is 0 Å². The standard InChI is InChI=1S/C4H4BIO/c5-3-1-7-2-4(3)6/h1-2H,5H2. The first-order valence-corrected chi connectivity index (χ1v) is 3.07. The van der Waals surface area contributed by atoms with E-state index in [-0.39, 0.29) is 0 Å². The van der Waals surface area contributed by atoms with Crippen molar-refractivity contribution < 1.29 is 4.42 Å². The van der Waals surface area contributed by atoms with Crippen LogP contribution in [0.4, 0.5) is 0 Å². The van der Waals surface area contributed by atoms with Crippen molar-refractivity contribution in [3.8, 4) is 0 Å². The van der Waals surface area contributed by atoms with Crippen molar-refractivity contribution in [1.82, 2.24) is 0 Å². The molecule has 0 saturated carbocycles. The maximum atomic E-state index is 4.84. The largest absolute Gasteiger partial charge is 0.472 e. The fraction of sp³-hybridized carbons (Fsp3) is 0. The van der Waals surface area contributed by atoms with Gasteiger partial charge >= 0.3 is 0 Å². The number of halogens is 1. The van der Waals surface area contributed by atoms with Crippen LogP contribution in [0, 0.1) is 3.57 Å². The van der Waals surface area contributed by atoms with E-state index < -0.39 is 0 Å². The van der Waals surface area contributed by atoms with E-state index in [0.29, 0.717) is 0 Å². The molecular formula is C4H4BIO. The third-order valence-electron chi connectivity index (χ3n) is 0.793. The lowest BCUT2D eigenvalue weighted by atomic mass is 10.0. The van der Waals surface area contributed by atoms with Crippen molar-refractivity contribution in [1.29, 1.82) is 0 Å². The van der Waals surface area contributed by atoms with Crippen molar-refractivity contribution in [3.63, 3.8) is 0 Å². The van der Waals surface area contributed by atoms with Crippen LogP contribution < -0.4 is 5.46 Å². The second-order valence-electron chi connectivity index (χ2n) is 1.40. The molecule has 0 fully saturated rings. The molecule has 1 aromatic heterocycles. The van der Waals surface area contributed by atoms with Gasteiger partial charge < -0.3 is 4.42 Å². The summed E-state index contributed by atoms with van der Waals surface area (Å²) in [6, 6.07) is 0. The van der Waals surface area contributed by atoms with Crippen molar-refractivity contribution in [2.45, 2.75) is 0 Å². The molecule has 1 nitrogen and oxygen atoms in total. The van der Waals surface area contributed by atoms with Crippen molar-refractivity contribution in [2.24, 2.45) is 0 Å². The highest BCUT2D eigenvalue weighted by Crippen LogP contribution is 1.97. The summed E-state index contributed by atoms with van der Waals surface area (Å²) in [7, 11) is 2.02. The van der Waals surface area contributed by atoms with E-state index in [0.717, 1.165) is 0 Å². The van der Waals surface area contributed by atoms with Crippen LogP contribution in [0.25, 0.3) is 0 Å². The Bertz CT molecular complexity index is 144. The lowest BCUT2D eigenvalue weighted by Crippen LogP contribution is -1.99. The smallest absolute Gasteiger partial charge is 0.144 e. The molecule has 0 aromatic carbocycles. The summed E-state index contributed by atoms with van der Waals surface area (Å²) in [5, 5.41) is 0. The van der Waals surface area contributed by atoms with Gasteiger partial charge in [-0.05, 0) is 28.1 Å². The first-order chi connectivity index (χ1) is 3.30. The molecule has 36 valence electrons. The van der Waals surface area contributed by atoms with Gasteiger partial charge in [-0.15, -0.1) is 0 Å². The Labute approximate surface area is 56.6 Å². The van der Waals surface area contributed by atoms with Crippen molar-refractivity contribution in [3.05, 3.63) is 16.1 Å². The molecule has 0 amide bonds. The summed E-state index contributed by atoms with van der Waals surface area (Å²) in [5.41, 5.74) is 1.21. The Morgan fingerprint density at radius 1 is 1.57 bits per heavy atom. The summed E-state index contributed by atoms with van der Waals surface area (Å²) in [6.45, 7) is 0. The normalized spacial score (nSPS) is 9.29. The molecule has 0 saturated heterocycles. The van der Waals surface area contributed by atoms with Gasteiger partial charge in [0.05, 0.1) is 6.26 Å². The van der Waals surface area contributed by atoms with Gasteiger partial charge in [-0.25, -0.2) is 0 Å². The molecule has 0 radical (unpaired) electrons. The van der Waals surface area contributed by atoms with Crippen LogP contribution >= 0.6 is 22.6 Å². The van der Waals surface area contributed by atoms with E-state index in [9.17, 15) is 0 Å². The Hall–Kier alpha value is 0.0749. The summed E-state index contributed by atoms with van der Waals surface area (Å²) in [6.07, 6.45) is 3.47. The minimum Gasteiger partial charge on any atom is -0.472 e. The van der Waals surface area contributed by atoms with Crippen molar-refractivity contribution >= 4 is 35.9 Å². The van der Waals surface area contributed by atoms with E-state index >= 15 is 0 Å². The van der Waals surface area contributed by atoms with E-state index in [1.807, 2.05) is 7.85 Å². The van der Waals surface area contributed by atoms with Gasteiger partial charge in [0.2, 0.25) is 0 Å². The Morgan fingerprint density at radius 3 is 2.43 bits per heavy atom. The van der Waals surface area contributed by atoms with E-state index in [2.05, 4.69) is 22.6 Å². The molecule has 1 rings (SSSR count). The minimum absolute atomic E-state index is 1.19. The average molecular weight is 206 g/mol. The van der Waals surface area contributed by atoms with Crippen LogP contribution in [-0.2, 0) is 0 Å². The monoisotopic (exact) mass is 206 g/mol. The summed E-state index contributed by atoms with van der Waals surface area (Å²) < 4.78 is 6.03. The molecule has 0 aliphatic rings. The zero-order chi connectivity index (χ0) is 5.28. The van der Waals surface area contributed by atoms with Crippen molar-refractivity contribution in [2.75, 3.05) is 0 Å². The lowest BCUT2D eigenvalue weighted by Gasteiger charge is -1.74. The van der Waals surface area contributed by atoms with Gasteiger partial charge in [-0.2, -0.15) is 0 Å². The Kier molecular flexibility index (Phi) is 1.42. The molecule has 0 atom stereocenters. The second kappa shape index (κ2) is 1.90. The fourth-order valence-corrected chi connectivity index (χ4v) is 0.619. The van der Waals surface area contributed by atoms with E-state index in [1.54, 1.807) is 12.5 Å². The van der Waals surface area contributed by atoms with Crippen LogP contribution in [0.2, 0.25) is 0 Å². The van der Waals surface area contributed by atoms with Gasteiger partial charge in [0.15, 0.2) is 0 Å². The molecule has 1 aromatic rings. The minimum atomic E-state index is 1.19. The second-order valence-corrected chi connectivity index (χ2v) is 2.56. The van der Waals surface area contributed by atoms with E-state index in [4.69, 9.17) is 4.42 Å². The summed E-state index contributed by atoms with van der Waals surface area (Å²) in [5.74, 6) is 0. The summed E-state index contributed by atoms with van der Waals surface area (Å²) >= 11 is 2.23. The first kappa shape index (κ1) is 5.22. The zero-order valence-corrected chi connectivity index (χ0v) is 6.10. The predicted octanol–water partition coefficient (Wildman–Crippen LogP) is 0.143. The maximum Gasteiger partial charge on any atom is 0.144 e. The molecule has 3 heteroatoms. The lowest BCUT2D eigenvalue weighted by molar-refractivity contribution is 0.567. The number of hydrogen-bond acceptors (Lipinski definition) is 1. The van der Waals surface area contributed by atoms with Crippen LogP contribution in [0.1, 0.15) is 0 Å². The molecule has 0 aliphatic heterocycles. The molecule has 0 N–H and O–H groups in total. The SMILES string of the molecule is Bc1cocc1I. The highest BCUT2D eigenvalue weighted by atomic mass is 127. The zero-order valence-electron chi connectivity index (χ0n) is 3.94. The van der Waals surface area contributed by atoms with Crippen LogP contribution in [0.3, 0.4) is 0 Å². The molecule has 0 unspecified atom stereocenters. The molecule has 7 heavy (non-hydrogen) atoms. The van der Waals surface area contributed by atoms with Gasteiger partial charge in [-0.3, -0.25) is 0 Å². The predicted molar refractivity (Wildman–Crippen MR) is 39.6 cm³/mol. The highest BCUT2D eigenvalue weighted by molar-refractivity contribution is 14.1. The topological polar surface area (TPSA) is 13.1 Å². The van der Waals surface area contributed by atoms with Crippen LogP contribution in [-0.4, -0.2) is 7.85 Å². The molecule has 0 aliphatic carbocycles. The average Bonchev–Trinajstić information content (AvgIpc) is 1.91. The maximum absolute atomic E-state index is 4.84. The van der Waals surface area contributed by atoms with Crippen LogP contribution in [0.5, 0.6) is 0 Å². The molecule has 0 spiro atoms. The third kappa shape index (κ3) is 0.994. The van der Waals surface area contributed by atoms with Gasteiger partial charge in [0, 0.05) is 3.57 Å². The number of hydrogen-bond donors (Lipinski definition) is 0. The molecule has 1 heterocycles.